The maximum absolute atomic E-state index is 12.9. The minimum absolute atomic E-state index is 0.0342. The Kier molecular flexibility index (Phi) is 7.73. The molecule has 3 atom stereocenters. The van der Waals surface area contributed by atoms with E-state index in [9.17, 15) is 19.5 Å². The zero-order chi connectivity index (χ0) is 24.9. The highest BCUT2D eigenvalue weighted by atomic mass is 16.5. The van der Waals surface area contributed by atoms with Crippen molar-refractivity contribution < 1.29 is 24.2 Å². The average molecular weight is 479 g/mol. The van der Waals surface area contributed by atoms with E-state index in [0.29, 0.717) is 31.6 Å². The fraction of sp³-hybridized carbons (Fsp3) is 0.464. The number of alkyl carbamates (subject to hydrolysis) is 1. The second-order valence-electron chi connectivity index (χ2n) is 9.98. The van der Waals surface area contributed by atoms with E-state index in [1.807, 2.05) is 38.1 Å². The topological polar surface area (TPSA) is 105 Å². The number of nitrogens with one attached hydrogen (secondary N) is 2. The minimum atomic E-state index is -1.03. The predicted octanol–water partition coefficient (Wildman–Crippen LogP) is 4.70. The van der Waals surface area contributed by atoms with E-state index in [-0.39, 0.29) is 24.5 Å². The molecule has 0 bridgehead atoms. The van der Waals surface area contributed by atoms with Crippen molar-refractivity contribution in [2.45, 2.75) is 64.0 Å². The zero-order valence-corrected chi connectivity index (χ0v) is 20.3. The maximum atomic E-state index is 12.9. The van der Waals surface area contributed by atoms with Crippen LogP contribution in [-0.4, -0.2) is 41.8 Å². The Morgan fingerprint density at radius 2 is 1.60 bits per heavy atom. The molecule has 0 heterocycles. The van der Waals surface area contributed by atoms with Crippen LogP contribution < -0.4 is 10.6 Å². The van der Waals surface area contributed by atoms with Gasteiger partial charge in [0.15, 0.2) is 0 Å². The Morgan fingerprint density at radius 1 is 0.971 bits per heavy atom. The highest BCUT2D eigenvalue weighted by molar-refractivity contribution is 5.86. The van der Waals surface area contributed by atoms with Gasteiger partial charge in [0.25, 0.3) is 0 Å². The molecule has 2 aromatic rings. The number of aliphatic carboxylic acids is 1. The summed E-state index contributed by atoms with van der Waals surface area (Å²) in [6, 6.07) is 15.0. The molecule has 1 unspecified atom stereocenters. The van der Waals surface area contributed by atoms with Gasteiger partial charge in [-0.25, -0.2) is 9.59 Å². The van der Waals surface area contributed by atoms with E-state index >= 15 is 0 Å². The number of rotatable bonds is 9. The molecule has 7 nitrogen and oxygen atoms in total. The average Bonchev–Trinajstić information content (AvgIpc) is 3.42. The van der Waals surface area contributed by atoms with Gasteiger partial charge in [0.05, 0.1) is 5.92 Å². The first kappa shape index (κ1) is 24.8. The summed E-state index contributed by atoms with van der Waals surface area (Å²) in [6.45, 7) is 4.25. The Morgan fingerprint density at radius 3 is 2.20 bits per heavy atom. The zero-order valence-electron chi connectivity index (χ0n) is 20.3. The molecular weight excluding hydrogens is 444 g/mol. The first-order valence-corrected chi connectivity index (χ1v) is 12.5. The van der Waals surface area contributed by atoms with E-state index in [0.717, 1.165) is 28.7 Å². The highest BCUT2D eigenvalue weighted by Gasteiger charge is 2.36. The van der Waals surface area contributed by atoms with Crippen LogP contribution in [0.4, 0.5) is 4.79 Å². The third-order valence-corrected chi connectivity index (χ3v) is 7.15. The molecule has 186 valence electrons. The molecule has 0 aliphatic heterocycles. The Hall–Kier alpha value is -3.35. The van der Waals surface area contributed by atoms with Crippen LogP contribution in [0.2, 0.25) is 0 Å². The van der Waals surface area contributed by atoms with Gasteiger partial charge in [-0.15, -0.1) is 0 Å². The number of benzene rings is 2. The summed E-state index contributed by atoms with van der Waals surface area (Å²) in [4.78, 5) is 37.2. The van der Waals surface area contributed by atoms with Crippen molar-refractivity contribution in [1.82, 2.24) is 10.6 Å². The van der Waals surface area contributed by atoms with E-state index in [4.69, 9.17) is 4.74 Å². The second-order valence-corrected chi connectivity index (χ2v) is 9.98. The summed E-state index contributed by atoms with van der Waals surface area (Å²) in [5.41, 5.74) is 4.60. The molecule has 1 saturated carbocycles. The quantitative estimate of drug-likeness (QED) is 0.485. The van der Waals surface area contributed by atoms with E-state index in [2.05, 4.69) is 34.9 Å². The molecule has 35 heavy (non-hydrogen) atoms. The normalized spacial score (nSPS) is 19.6. The first-order valence-electron chi connectivity index (χ1n) is 12.5. The number of fused-ring (bicyclic) bond motifs is 3. The van der Waals surface area contributed by atoms with Crippen LogP contribution in [0, 0.1) is 11.8 Å². The third-order valence-electron chi connectivity index (χ3n) is 7.15. The summed E-state index contributed by atoms with van der Waals surface area (Å²) < 4.78 is 5.64. The number of carbonyl (C=O) groups excluding carboxylic acids is 2. The van der Waals surface area contributed by atoms with Gasteiger partial charge in [-0.2, -0.15) is 0 Å². The SMILES string of the molecule is CC(C)CCC(NC(=O)[C@H]1CCC[C@H]1NC(=O)OCC1c2ccccc2-c2ccccc21)C(=O)O. The summed E-state index contributed by atoms with van der Waals surface area (Å²) >= 11 is 0. The van der Waals surface area contributed by atoms with Gasteiger partial charge < -0.3 is 20.5 Å². The van der Waals surface area contributed by atoms with Crippen LogP contribution in [0.15, 0.2) is 48.5 Å². The predicted molar refractivity (Wildman–Crippen MR) is 133 cm³/mol. The molecule has 2 amide bonds. The number of ether oxygens (including phenoxy) is 1. The fourth-order valence-corrected chi connectivity index (χ4v) is 5.27. The minimum Gasteiger partial charge on any atom is -0.480 e. The molecule has 0 spiro atoms. The Bertz CT molecular complexity index is 1040. The van der Waals surface area contributed by atoms with Crippen molar-refractivity contribution >= 4 is 18.0 Å². The van der Waals surface area contributed by atoms with Gasteiger partial charge in [0, 0.05) is 12.0 Å². The lowest BCUT2D eigenvalue weighted by Gasteiger charge is -2.23. The second kappa shape index (κ2) is 10.9. The molecule has 3 N–H and O–H groups in total. The standard InChI is InChI=1S/C28H34N2O5/c1-17(2)14-15-25(27(32)33)29-26(31)22-12-7-13-24(22)30-28(34)35-16-23-20-10-5-3-8-18(20)19-9-4-6-11-21(19)23/h3-6,8-11,17,22-25H,7,12-16H2,1-2H3,(H,29,31)(H,30,34)(H,32,33)/t22-,24+,25?/m0/s1. The molecule has 2 aromatic carbocycles. The number of hydrogen-bond donors (Lipinski definition) is 3. The lowest BCUT2D eigenvalue weighted by molar-refractivity contribution is -0.142. The molecule has 1 fully saturated rings. The fourth-order valence-electron chi connectivity index (χ4n) is 5.27. The molecule has 0 saturated heterocycles. The monoisotopic (exact) mass is 478 g/mol. The molecule has 0 radical (unpaired) electrons. The van der Waals surface area contributed by atoms with Crippen molar-refractivity contribution in [3.8, 4) is 11.1 Å². The van der Waals surface area contributed by atoms with Gasteiger partial charge in [-0.3, -0.25) is 4.79 Å². The molecule has 2 aliphatic carbocycles. The molecule has 2 aliphatic rings. The van der Waals surface area contributed by atoms with Gasteiger partial charge in [-0.1, -0.05) is 68.8 Å². The summed E-state index contributed by atoms with van der Waals surface area (Å²) in [7, 11) is 0. The maximum Gasteiger partial charge on any atom is 0.407 e. The van der Waals surface area contributed by atoms with Gasteiger partial charge in [0.2, 0.25) is 5.91 Å². The van der Waals surface area contributed by atoms with Crippen molar-refractivity contribution in [3.05, 3.63) is 59.7 Å². The van der Waals surface area contributed by atoms with Gasteiger partial charge in [-0.05, 0) is 53.9 Å². The van der Waals surface area contributed by atoms with Gasteiger partial charge >= 0.3 is 12.1 Å². The highest BCUT2D eigenvalue weighted by Crippen LogP contribution is 2.44. The lowest BCUT2D eigenvalue weighted by atomic mass is 9.98. The number of amides is 2. The Balaban J connectivity index is 1.34. The molecule has 0 aromatic heterocycles. The number of carboxylic acid groups (broad SMARTS) is 1. The summed E-state index contributed by atoms with van der Waals surface area (Å²) in [6.07, 6.45) is 2.60. The van der Waals surface area contributed by atoms with Crippen LogP contribution in [0.1, 0.15) is 63.0 Å². The van der Waals surface area contributed by atoms with E-state index in [1.54, 1.807) is 0 Å². The third kappa shape index (κ3) is 5.66. The smallest absolute Gasteiger partial charge is 0.407 e. The van der Waals surface area contributed by atoms with Gasteiger partial charge in [0.1, 0.15) is 12.6 Å². The van der Waals surface area contributed by atoms with Crippen molar-refractivity contribution in [2.75, 3.05) is 6.61 Å². The summed E-state index contributed by atoms with van der Waals surface area (Å²) in [5, 5.41) is 15.0. The van der Waals surface area contributed by atoms with Crippen LogP contribution in [0.3, 0.4) is 0 Å². The van der Waals surface area contributed by atoms with Crippen LogP contribution in [0.25, 0.3) is 11.1 Å². The van der Waals surface area contributed by atoms with Crippen molar-refractivity contribution in [3.63, 3.8) is 0 Å². The van der Waals surface area contributed by atoms with Crippen LogP contribution >= 0.6 is 0 Å². The Labute approximate surface area is 206 Å². The van der Waals surface area contributed by atoms with Crippen LogP contribution in [0.5, 0.6) is 0 Å². The van der Waals surface area contributed by atoms with E-state index in [1.165, 1.54) is 0 Å². The lowest BCUT2D eigenvalue weighted by Crippen LogP contribution is -2.49. The summed E-state index contributed by atoms with van der Waals surface area (Å²) in [5.74, 6) is -1.49. The van der Waals surface area contributed by atoms with Crippen molar-refractivity contribution in [1.29, 1.82) is 0 Å². The first-order chi connectivity index (χ1) is 16.8. The molecule has 4 rings (SSSR count). The molecule has 7 heteroatoms. The number of hydrogen-bond acceptors (Lipinski definition) is 4. The number of carboxylic acids is 1. The van der Waals surface area contributed by atoms with Crippen molar-refractivity contribution in [2.24, 2.45) is 11.8 Å². The van der Waals surface area contributed by atoms with E-state index < -0.39 is 24.0 Å². The molecular formula is C28H34N2O5. The number of carbonyl (C=O) groups is 3. The largest absolute Gasteiger partial charge is 0.480 e. The van der Waals surface area contributed by atoms with Crippen LogP contribution in [-0.2, 0) is 14.3 Å².